The third kappa shape index (κ3) is 4.54. The number of nitrogens with zero attached hydrogens (tertiary/aromatic N) is 2. The first-order valence-corrected chi connectivity index (χ1v) is 14.8. The van der Waals surface area contributed by atoms with Gasteiger partial charge < -0.3 is 9.80 Å². The van der Waals surface area contributed by atoms with Gasteiger partial charge in [0, 0.05) is 40.2 Å². The fourth-order valence-electron chi connectivity index (χ4n) is 6.41. The first kappa shape index (κ1) is 25.1. The van der Waals surface area contributed by atoms with Crippen molar-refractivity contribution in [3.8, 4) is 11.1 Å². The van der Waals surface area contributed by atoms with Crippen molar-refractivity contribution in [3.63, 3.8) is 0 Å². The van der Waals surface area contributed by atoms with Gasteiger partial charge >= 0.3 is 0 Å². The molecule has 204 valence electrons. The Morgan fingerprint density at radius 3 is 1.72 bits per heavy atom. The van der Waals surface area contributed by atoms with Crippen LogP contribution in [0.3, 0.4) is 0 Å². The van der Waals surface area contributed by atoms with Gasteiger partial charge in [-0.3, -0.25) is 0 Å². The van der Waals surface area contributed by atoms with Crippen molar-refractivity contribution >= 4 is 44.9 Å². The van der Waals surface area contributed by atoms with Crippen molar-refractivity contribution in [2.24, 2.45) is 0 Å². The second-order valence-corrected chi connectivity index (χ2v) is 11.0. The first-order valence-electron chi connectivity index (χ1n) is 14.8. The number of benzene rings is 7. The number of hydrogen-bond acceptors (Lipinski definition) is 2. The van der Waals surface area contributed by atoms with Crippen LogP contribution in [0.1, 0.15) is 11.1 Å². The lowest BCUT2D eigenvalue weighted by Crippen LogP contribution is -2.18. The van der Waals surface area contributed by atoms with E-state index in [1.807, 2.05) is 0 Å². The van der Waals surface area contributed by atoms with Gasteiger partial charge in [-0.25, -0.2) is 0 Å². The number of fused-ring (bicyclic) bond motifs is 3. The van der Waals surface area contributed by atoms with E-state index in [1.54, 1.807) is 0 Å². The van der Waals surface area contributed by atoms with E-state index in [-0.39, 0.29) is 0 Å². The third-order valence-electron chi connectivity index (χ3n) is 8.43. The lowest BCUT2D eigenvalue weighted by molar-refractivity contribution is 1.09. The monoisotopic (exact) mass is 550 g/mol. The Labute approximate surface area is 252 Å². The molecule has 8 rings (SSSR count). The van der Waals surface area contributed by atoms with Gasteiger partial charge in [0.1, 0.15) is 0 Å². The molecule has 0 amide bonds. The van der Waals surface area contributed by atoms with Gasteiger partial charge in [-0.1, -0.05) is 109 Å². The van der Waals surface area contributed by atoms with Gasteiger partial charge in [0.2, 0.25) is 0 Å². The van der Waals surface area contributed by atoms with Crippen molar-refractivity contribution in [1.82, 2.24) is 0 Å². The summed E-state index contributed by atoms with van der Waals surface area (Å²) in [5, 5.41) is 2.51. The Bertz CT molecular complexity index is 2000. The van der Waals surface area contributed by atoms with Crippen molar-refractivity contribution < 1.29 is 0 Å². The second-order valence-electron chi connectivity index (χ2n) is 11.0. The quantitative estimate of drug-likeness (QED) is 0.210. The van der Waals surface area contributed by atoms with Crippen LogP contribution < -0.4 is 9.80 Å². The van der Waals surface area contributed by atoms with Crippen LogP contribution in [0.2, 0.25) is 0 Å². The average molecular weight is 551 g/mol. The molecule has 0 saturated carbocycles. The summed E-state index contributed by atoms with van der Waals surface area (Å²) in [6.45, 7) is 0. The van der Waals surface area contributed by atoms with Gasteiger partial charge in [-0.05, 0) is 88.3 Å². The minimum Gasteiger partial charge on any atom is -0.311 e. The second kappa shape index (κ2) is 10.7. The van der Waals surface area contributed by atoms with Crippen LogP contribution in [0.15, 0.2) is 170 Å². The molecule has 0 unspecified atom stereocenters. The zero-order chi connectivity index (χ0) is 28.6. The van der Waals surface area contributed by atoms with Crippen LogP contribution in [0.4, 0.5) is 34.1 Å². The molecule has 0 spiro atoms. The van der Waals surface area contributed by atoms with Gasteiger partial charge in [-0.15, -0.1) is 0 Å². The zero-order valence-corrected chi connectivity index (χ0v) is 23.8. The Kier molecular flexibility index (Phi) is 6.23. The molecule has 2 heteroatoms. The minimum absolute atomic E-state index is 0.911. The molecule has 1 aliphatic rings. The van der Waals surface area contributed by atoms with Crippen molar-refractivity contribution in [2.45, 2.75) is 6.42 Å². The van der Waals surface area contributed by atoms with Crippen LogP contribution in [0.25, 0.3) is 21.9 Å². The molecule has 1 aliphatic heterocycles. The molecule has 2 nitrogen and oxygen atoms in total. The molecule has 0 aromatic heterocycles. The molecular formula is C41H30N2. The molecule has 1 heterocycles. The number of anilines is 6. The predicted octanol–water partition coefficient (Wildman–Crippen LogP) is 11.4. The molecule has 0 radical (unpaired) electrons. The Morgan fingerprint density at radius 2 is 0.953 bits per heavy atom. The van der Waals surface area contributed by atoms with Crippen molar-refractivity contribution in [2.75, 3.05) is 9.80 Å². The van der Waals surface area contributed by atoms with Crippen LogP contribution >= 0.6 is 0 Å². The maximum atomic E-state index is 2.45. The summed E-state index contributed by atoms with van der Waals surface area (Å²) in [5.41, 5.74) is 12.3. The molecule has 0 fully saturated rings. The first-order chi connectivity index (χ1) is 21.3. The van der Waals surface area contributed by atoms with Gasteiger partial charge in [0.25, 0.3) is 0 Å². The Hall–Kier alpha value is -5.60. The van der Waals surface area contributed by atoms with E-state index in [4.69, 9.17) is 0 Å². The predicted molar refractivity (Wildman–Crippen MR) is 182 cm³/mol. The molecule has 7 aromatic rings. The smallest absolute Gasteiger partial charge is 0.0540 e. The maximum absolute atomic E-state index is 2.45. The molecule has 0 saturated heterocycles. The molecule has 0 N–H and O–H groups in total. The number of rotatable bonds is 5. The highest BCUT2D eigenvalue weighted by molar-refractivity contribution is 6.00. The molecule has 7 aromatic carbocycles. The normalized spacial score (nSPS) is 12.0. The highest BCUT2D eigenvalue weighted by Crippen LogP contribution is 2.47. The van der Waals surface area contributed by atoms with Crippen LogP contribution in [-0.2, 0) is 6.42 Å². The van der Waals surface area contributed by atoms with E-state index in [9.17, 15) is 0 Å². The Morgan fingerprint density at radius 1 is 0.395 bits per heavy atom. The van der Waals surface area contributed by atoms with Crippen LogP contribution in [-0.4, -0.2) is 0 Å². The largest absolute Gasteiger partial charge is 0.311 e. The van der Waals surface area contributed by atoms with E-state index >= 15 is 0 Å². The van der Waals surface area contributed by atoms with E-state index in [0.29, 0.717) is 0 Å². The van der Waals surface area contributed by atoms with Gasteiger partial charge in [0.15, 0.2) is 0 Å². The molecular weight excluding hydrogens is 520 g/mol. The number of hydrogen-bond donors (Lipinski definition) is 0. The third-order valence-corrected chi connectivity index (χ3v) is 8.43. The maximum Gasteiger partial charge on any atom is 0.0540 e. The van der Waals surface area contributed by atoms with E-state index in [0.717, 1.165) is 23.5 Å². The molecule has 0 aliphatic carbocycles. The summed E-state index contributed by atoms with van der Waals surface area (Å²) in [4.78, 5) is 4.75. The SMILES string of the molecule is c1ccc(N(c2ccccc2)c2ccc(-c3ccc4c(c3)Cc3ccccc3N4c3cccc4ccccc34)cc2)cc1. The van der Waals surface area contributed by atoms with E-state index in [2.05, 4.69) is 180 Å². The topological polar surface area (TPSA) is 6.48 Å². The van der Waals surface area contributed by atoms with Crippen LogP contribution in [0, 0.1) is 0 Å². The number of para-hydroxylation sites is 3. The highest BCUT2D eigenvalue weighted by atomic mass is 15.2. The minimum atomic E-state index is 0.911. The standard InChI is InChI=1S/C41H30N2/c1-3-15-35(16-4-1)42(36-17-5-2-6-18-36)37-25-22-30(23-26-37)32-24-27-40-34(28-32)29-33-13-8-10-20-39(33)43(40)41-21-11-14-31-12-7-9-19-38(31)41/h1-28H,29H2. The zero-order valence-electron chi connectivity index (χ0n) is 23.8. The van der Waals surface area contributed by atoms with Crippen LogP contribution in [0.5, 0.6) is 0 Å². The fourth-order valence-corrected chi connectivity index (χ4v) is 6.41. The average Bonchev–Trinajstić information content (AvgIpc) is 3.08. The Balaban J connectivity index is 1.19. The highest BCUT2D eigenvalue weighted by Gasteiger charge is 2.25. The summed E-state index contributed by atoms with van der Waals surface area (Å²) in [6.07, 6.45) is 0.911. The molecule has 0 atom stereocenters. The summed E-state index contributed by atoms with van der Waals surface area (Å²) < 4.78 is 0. The van der Waals surface area contributed by atoms with Crippen molar-refractivity contribution in [3.05, 3.63) is 181 Å². The van der Waals surface area contributed by atoms with E-state index < -0.39 is 0 Å². The summed E-state index contributed by atoms with van der Waals surface area (Å²) >= 11 is 0. The van der Waals surface area contributed by atoms with Gasteiger partial charge in [0.05, 0.1) is 5.69 Å². The summed E-state index contributed by atoms with van der Waals surface area (Å²) in [5.74, 6) is 0. The fraction of sp³-hybridized carbons (Fsp3) is 0.0244. The van der Waals surface area contributed by atoms with E-state index in [1.165, 1.54) is 50.1 Å². The molecule has 0 bridgehead atoms. The summed E-state index contributed by atoms with van der Waals surface area (Å²) in [6, 6.07) is 61.1. The van der Waals surface area contributed by atoms with Gasteiger partial charge in [-0.2, -0.15) is 0 Å². The summed E-state index contributed by atoms with van der Waals surface area (Å²) in [7, 11) is 0. The lowest BCUT2D eigenvalue weighted by Gasteiger charge is -2.34. The molecule has 43 heavy (non-hydrogen) atoms. The van der Waals surface area contributed by atoms with Crippen molar-refractivity contribution in [1.29, 1.82) is 0 Å². The lowest BCUT2D eigenvalue weighted by atomic mass is 9.91.